The standard InChI is InChI=1S/C19H21ClN2O2.C4H4O4/c1-21-12-11-17(13-21)22(16-5-3-2-4-6-16)19(23)14-24-18-9-7-15(20)8-10-18;5-3(6)1-2-4(7)8/h2-10,17H,11-14H2,1H3;1-2H,(H,5,6)(H,7,8)/p-2/b;2-1-. The monoisotopic (exact) mass is 458 g/mol. The van der Waals surface area contributed by atoms with Crippen molar-refractivity contribution < 1.29 is 29.3 Å². The van der Waals surface area contributed by atoms with E-state index in [9.17, 15) is 24.6 Å². The number of anilines is 1. The van der Waals surface area contributed by atoms with Crippen LogP contribution in [0.2, 0.25) is 5.02 Å². The Morgan fingerprint density at radius 3 is 2.16 bits per heavy atom. The summed E-state index contributed by atoms with van der Waals surface area (Å²) in [6.45, 7) is 1.89. The Balaban J connectivity index is 0.000000390. The van der Waals surface area contributed by atoms with Crippen LogP contribution in [0.5, 0.6) is 5.75 Å². The zero-order valence-corrected chi connectivity index (χ0v) is 18.2. The lowest BCUT2D eigenvalue weighted by Gasteiger charge is -2.29. The van der Waals surface area contributed by atoms with Crippen LogP contribution in [0, 0.1) is 0 Å². The number of amides is 1. The first-order valence-corrected chi connectivity index (χ1v) is 10.2. The summed E-state index contributed by atoms with van der Waals surface area (Å²) in [7, 11) is 2.08. The fourth-order valence-corrected chi connectivity index (χ4v) is 3.28. The molecule has 32 heavy (non-hydrogen) atoms. The molecular weight excluding hydrogens is 436 g/mol. The summed E-state index contributed by atoms with van der Waals surface area (Å²) in [6.07, 6.45) is 1.74. The minimum atomic E-state index is -1.55. The van der Waals surface area contributed by atoms with E-state index in [1.54, 1.807) is 24.3 Å². The number of carboxylic acid groups (broad SMARTS) is 2. The SMILES string of the molecule is CN1CCC(N(C(=O)COc2ccc(Cl)cc2)c2ccccc2)C1.O=C([O-])/C=C\C(=O)[O-]. The van der Waals surface area contributed by atoms with Crippen LogP contribution >= 0.6 is 11.6 Å². The van der Waals surface area contributed by atoms with E-state index in [1.807, 2.05) is 35.2 Å². The van der Waals surface area contributed by atoms with E-state index in [0.29, 0.717) is 22.9 Å². The zero-order valence-electron chi connectivity index (χ0n) is 17.5. The maximum atomic E-state index is 12.8. The quantitative estimate of drug-likeness (QED) is 0.555. The first-order valence-electron chi connectivity index (χ1n) is 9.80. The Kier molecular flexibility index (Phi) is 9.72. The van der Waals surface area contributed by atoms with Crippen LogP contribution in [-0.4, -0.2) is 55.5 Å². The van der Waals surface area contributed by atoms with E-state index in [-0.39, 0.29) is 18.6 Å². The molecule has 2 aromatic rings. The lowest BCUT2D eigenvalue weighted by Crippen LogP contribution is -2.44. The molecule has 1 heterocycles. The smallest absolute Gasteiger partial charge is 0.265 e. The summed E-state index contributed by atoms with van der Waals surface area (Å²) < 4.78 is 5.65. The van der Waals surface area contributed by atoms with Crippen LogP contribution in [0.25, 0.3) is 0 Å². The molecule has 0 bridgehead atoms. The number of rotatable bonds is 7. The van der Waals surface area contributed by atoms with Gasteiger partial charge in [0.05, 0.1) is 18.0 Å². The molecular formula is C23H23ClN2O6-2. The number of ether oxygens (including phenoxy) is 1. The molecule has 0 aromatic heterocycles. The minimum Gasteiger partial charge on any atom is -0.545 e. The molecule has 3 rings (SSSR count). The number of carboxylic acids is 2. The van der Waals surface area contributed by atoms with Gasteiger partial charge in [0.15, 0.2) is 6.61 Å². The fraction of sp³-hybridized carbons (Fsp3) is 0.261. The van der Waals surface area contributed by atoms with E-state index >= 15 is 0 Å². The summed E-state index contributed by atoms with van der Waals surface area (Å²) >= 11 is 5.87. The number of halogens is 1. The molecule has 170 valence electrons. The lowest BCUT2D eigenvalue weighted by atomic mass is 10.2. The number of carbonyl (C=O) groups excluding carboxylic acids is 3. The van der Waals surface area contributed by atoms with E-state index in [1.165, 1.54) is 0 Å². The average molecular weight is 459 g/mol. The molecule has 1 aliphatic heterocycles. The van der Waals surface area contributed by atoms with Crippen LogP contribution in [0.3, 0.4) is 0 Å². The number of para-hydroxylation sites is 1. The molecule has 1 unspecified atom stereocenters. The highest BCUT2D eigenvalue weighted by molar-refractivity contribution is 6.30. The third-order valence-electron chi connectivity index (χ3n) is 4.57. The van der Waals surface area contributed by atoms with Crippen LogP contribution in [-0.2, 0) is 14.4 Å². The maximum absolute atomic E-state index is 12.8. The summed E-state index contributed by atoms with van der Waals surface area (Å²) in [6, 6.07) is 17.0. The first kappa shape index (κ1) is 24.9. The van der Waals surface area contributed by atoms with Crippen LogP contribution in [0.4, 0.5) is 5.69 Å². The van der Waals surface area contributed by atoms with Crippen LogP contribution in [0.1, 0.15) is 6.42 Å². The number of hydrogen-bond donors (Lipinski definition) is 0. The van der Waals surface area contributed by atoms with Gasteiger partial charge in [-0.05, 0) is 68.6 Å². The fourth-order valence-electron chi connectivity index (χ4n) is 3.15. The third-order valence-corrected chi connectivity index (χ3v) is 4.82. The Bertz CT molecular complexity index is 917. The summed E-state index contributed by atoms with van der Waals surface area (Å²) in [5, 5.41) is 19.5. The number of likely N-dealkylation sites (N-methyl/N-ethyl adjacent to an activating group) is 1. The third kappa shape index (κ3) is 8.41. The van der Waals surface area contributed by atoms with Gasteiger partial charge >= 0.3 is 0 Å². The van der Waals surface area contributed by atoms with Gasteiger partial charge in [-0.2, -0.15) is 0 Å². The van der Waals surface area contributed by atoms with Crippen molar-refractivity contribution in [3.05, 3.63) is 71.8 Å². The molecule has 0 N–H and O–H groups in total. The van der Waals surface area contributed by atoms with E-state index in [2.05, 4.69) is 11.9 Å². The molecule has 1 atom stereocenters. The lowest BCUT2D eigenvalue weighted by molar-refractivity contribution is -0.301. The van der Waals surface area contributed by atoms with Gasteiger partial charge in [-0.25, -0.2) is 0 Å². The van der Waals surface area contributed by atoms with Gasteiger partial charge in [-0.15, -0.1) is 0 Å². The van der Waals surface area contributed by atoms with Crippen molar-refractivity contribution >= 4 is 35.1 Å². The molecule has 1 fully saturated rings. The second-order valence-corrected chi connectivity index (χ2v) is 7.45. The Labute approximate surface area is 191 Å². The number of nitrogens with zero attached hydrogens (tertiary/aromatic N) is 2. The number of likely N-dealkylation sites (tertiary alicyclic amines) is 1. The zero-order chi connectivity index (χ0) is 23.5. The second-order valence-electron chi connectivity index (χ2n) is 7.02. The number of benzene rings is 2. The van der Waals surface area contributed by atoms with E-state index in [0.717, 1.165) is 25.2 Å². The van der Waals surface area contributed by atoms with Crippen molar-refractivity contribution in [2.75, 3.05) is 31.6 Å². The normalized spacial score (nSPS) is 15.6. The molecule has 1 saturated heterocycles. The molecule has 2 aromatic carbocycles. The summed E-state index contributed by atoms with van der Waals surface area (Å²) in [5.74, 6) is -2.48. The van der Waals surface area contributed by atoms with Gasteiger partial charge in [0.1, 0.15) is 5.75 Å². The molecule has 1 amide bonds. The van der Waals surface area contributed by atoms with Crippen molar-refractivity contribution in [2.24, 2.45) is 0 Å². The molecule has 0 saturated carbocycles. The highest BCUT2D eigenvalue weighted by Gasteiger charge is 2.30. The van der Waals surface area contributed by atoms with Crippen molar-refractivity contribution in [1.29, 1.82) is 0 Å². The van der Waals surface area contributed by atoms with Crippen molar-refractivity contribution in [2.45, 2.75) is 12.5 Å². The van der Waals surface area contributed by atoms with E-state index < -0.39 is 11.9 Å². The number of carbonyl (C=O) groups is 3. The maximum Gasteiger partial charge on any atom is 0.265 e. The van der Waals surface area contributed by atoms with Gasteiger partial charge in [-0.1, -0.05) is 29.8 Å². The van der Waals surface area contributed by atoms with Crippen LogP contribution < -0.4 is 19.8 Å². The second kappa shape index (κ2) is 12.5. The predicted octanol–water partition coefficient (Wildman–Crippen LogP) is 0.498. The van der Waals surface area contributed by atoms with E-state index in [4.69, 9.17) is 16.3 Å². The molecule has 0 aliphatic carbocycles. The van der Waals surface area contributed by atoms with Crippen molar-refractivity contribution in [3.8, 4) is 5.75 Å². The molecule has 9 heteroatoms. The average Bonchev–Trinajstić information content (AvgIpc) is 3.19. The highest BCUT2D eigenvalue weighted by Crippen LogP contribution is 2.23. The largest absolute Gasteiger partial charge is 0.545 e. The Morgan fingerprint density at radius 2 is 1.66 bits per heavy atom. The van der Waals surface area contributed by atoms with Gasteiger partial charge in [0, 0.05) is 17.3 Å². The van der Waals surface area contributed by atoms with Crippen molar-refractivity contribution in [1.82, 2.24) is 4.90 Å². The van der Waals surface area contributed by atoms with Gasteiger partial charge in [0.25, 0.3) is 5.91 Å². The highest BCUT2D eigenvalue weighted by atomic mass is 35.5. The summed E-state index contributed by atoms with van der Waals surface area (Å²) in [5.41, 5.74) is 0.919. The van der Waals surface area contributed by atoms with Crippen LogP contribution in [0.15, 0.2) is 66.7 Å². The van der Waals surface area contributed by atoms with Gasteiger partial charge in [-0.3, -0.25) is 4.79 Å². The molecule has 1 aliphatic rings. The number of aliphatic carboxylic acids is 2. The summed E-state index contributed by atoms with van der Waals surface area (Å²) in [4.78, 5) is 35.8. The van der Waals surface area contributed by atoms with Crippen molar-refractivity contribution in [3.63, 3.8) is 0 Å². The van der Waals surface area contributed by atoms with Gasteiger partial charge in [0.2, 0.25) is 0 Å². The molecule has 0 spiro atoms. The molecule has 0 radical (unpaired) electrons. The number of hydrogen-bond acceptors (Lipinski definition) is 7. The topological polar surface area (TPSA) is 113 Å². The Hall–Kier alpha value is -3.36. The Morgan fingerprint density at radius 1 is 1.06 bits per heavy atom. The first-order chi connectivity index (χ1) is 15.3. The molecule has 8 nitrogen and oxygen atoms in total. The predicted molar refractivity (Wildman–Crippen MR) is 116 cm³/mol. The van der Waals surface area contributed by atoms with Gasteiger partial charge < -0.3 is 34.3 Å². The minimum absolute atomic E-state index is 0.0107.